The first kappa shape index (κ1) is 21.8. The summed E-state index contributed by atoms with van der Waals surface area (Å²) < 4.78 is 9.56. The predicted octanol–water partition coefficient (Wildman–Crippen LogP) is 3.38. The van der Waals surface area contributed by atoms with Gasteiger partial charge in [-0.3, -0.25) is 0 Å². The molecule has 0 aliphatic rings. The van der Waals surface area contributed by atoms with Gasteiger partial charge in [-0.05, 0) is 30.9 Å². The van der Waals surface area contributed by atoms with Gasteiger partial charge in [-0.1, -0.05) is 38.1 Å². The fourth-order valence-electron chi connectivity index (χ4n) is 2.22. The van der Waals surface area contributed by atoms with Crippen LogP contribution in [0.2, 0.25) is 0 Å². The largest absolute Gasteiger partial charge is 0.465 e. The van der Waals surface area contributed by atoms with Gasteiger partial charge in [0, 0.05) is 20.1 Å². The van der Waals surface area contributed by atoms with Crippen LogP contribution in [0.4, 0.5) is 0 Å². The van der Waals surface area contributed by atoms with E-state index in [1.54, 1.807) is 26.2 Å². The van der Waals surface area contributed by atoms with Crippen LogP contribution in [0.5, 0.6) is 0 Å². The summed E-state index contributed by atoms with van der Waals surface area (Å²) in [5, 5.41) is 9.55. The molecule has 0 bridgehead atoms. The highest BCUT2D eigenvalue weighted by Crippen LogP contribution is 2.34. The summed E-state index contributed by atoms with van der Waals surface area (Å²) >= 11 is 0. The van der Waals surface area contributed by atoms with Crippen molar-refractivity contribution >= 4 is 12.3 Å². The summed E-state index contributed by atoms with van der Waals surface area (Å²) in [5.74, 6) is -0.525. The molecule has 24 heavy (non-hydrogen) atoms. The molecule has 0 aliphatic heterocycles. The second-order valence-electron chi connectivity index (χ2n) is 5.43. The second-order valence-corrected chi connectivity index (χ2v) is 5.43. The van der Waals surface area contributed by atoms with Crippen LogP contribution in [0.3, 0.4) is 0 Å². The van der Waals surface area contributed by atoms with Crippen molar-refractivity contribution in [2.24, 2.45) is 0 Å². The highest BCUT2D eigenvalue weighted by molar-refractivity contribution is 5.90. The molecule has 1 unspecified atom stereocenters. The quantitative estimate of drug-likeness (QED) is 0.565. The van der Waals surface area contributed by atoms with E-state index in [-0.39, 0.29) is 18.9 Å². The van der Waals surface area contributed by atoms with Crippen molar-refractivity contribution < 1.29 is 19.1 Å². The number of hydrogen-bond acceptors (Lipinski definition) is 5. The molecule has 0 N–H and O–H groups in total. The third kappa shape index (κ3) is 5.47. The monoisotopic (exact) mass is 333 g/mol. The highest BCUT2D eigenvalue weighted by atomic mass is 16.5. The lowest BCUT2D eigenvalue weighted by Gasteiger charge is -2.26. The molecule has 0 amide bonds. The van der Waals surface area contributed by atoms with E-state index in [2.05, 4.69) is 4.74 Å². The van der Waals surface area contributed by atoms with Crippen LogP contribution in [-0.2, 0) is 24.5 Å². The number of aldehydes is 1. The summed E-state index contributed by atoms with van der Waals surface area (Å²) in [7, 11) is 1.68. The fraction of sp³-hybridized carbons (Fsp3) is 0.526. The Kier molecular flexibility index (Phi) is 10.3. The van der Waals surface area contributed by atoms with Crippen LogP contribution in [-0.4, -0.2) is 32.6 Å². The van der Waals surface area contributed by atoms with E-state index in [1.807, 2.05) is 39.0 Å². The van der Waals surface area contributed by atoms with Gasteiger partial charge in [-0.25, -0.2) is 4.79 Å². The first-order valence-electron chi connectivity index (χ1n) is 8.05. The van der Waals surface area contributed by atoms with Crippen molar-refractivity contribution in [1.29, 1.82) is 5.26 Å². The minimum absolute atomic E-state index is 0.139. The zero-order valence-electron chi connectivity index (χ0n) is 15.2. The molecule has 0 saturated heterocycles. The Morgan fingerprint density at radius 3 is 2.29 bits per heavy atom. The molecule has 5 heteroatoms. The maximum Gasteiger partial charge on any atom is 0.331 e. The Labute approximate surface area is 144 Å². The maximum absolute atomic E-state index is 12.3. The van der Waals surface area contributed by atoms with Gasteiger partial charge in [0.15, 0.2) is 5.41 Å². The molecule has 0 heterocycles. The first-order valence-corrected chi connectivity index (χ1v) is 8.05. The van der Waals surface area contributed by atoms with Crippen LogP contribution in [0.25, 0.3) is 0 Å². The van der Waals surface area contributed by atoms with Gasteiger partial charge in [0.2, 0.25) is 0 Å². The molecule has 0 radical (unpaired) electrons. The molecule has 5 nitrogen and oxygen atoms in total. The average Bonchev–Trinajstić information content (AvgIpc) is 2.60. The van der Waals surface area contributed by atoms with Crippen LogP contribution in [0.1, 0.15) is 51.2 Å². The summed E-state index contributed by atoms with van der Waals surface area (Å²) in [4.78, 5) is 23.2. The molecule has 1 aromatic carbocycles. The number of benzene rings is 1. The van der Waals surface area contributed by atoms with Gasteiger partial charge in [-0.15, -0.1) is 0 Å². The number of rotatable bonds is 7. The van der Waals surface area contributed by atoms with E-state index in [0.29, 0.717) is 11.8 Å². The summed E-state index contributed by atoms with van der Waals surface area (Å²) in [6.07, 6.45) is 0.392. The minimum Gasteiger partial charge on any atom is -0.465 e. The van der Waals surface area contributed by atoms with Crippen molar-refractivity contribution in [1.82, 2.24) is 0 Å². The van der Waals surface area contributed by atoms with Gasteiger partial charge in [0.1, 0.15) is 6.29 Å². The van der Waals surface area contributed by atoms with Crippen molar-refractivity contribution in [2.75, 3.05) is 20.3 Å². The van der Waals surface area contributed by atoms with E-state index >= 15 is 0 Å². The maximum atomic E-state index is 12.3. The number of methoxy groups -OCH3 is 1. The highest BCUT2D eigenvalue weighted by Gasteiger charge is 2.43. The number of carbonyl (C=O) groups excluding carboxylic acids is 2. The lowest BCUT2D eigenvalue weighted by atomic mass is 9.75. The van der Waals surface area contributed by atoms with Crippen LogP contribution >= 0.6 is 0 Å². The minimum atomic E-state index is -1.56. The summed E-state index contributed by atoms with van der Waals surface area (Å²) in [6.45, 7) is 8.58. The number of ether oxygens (including phenoxy) is 2. The lowest BCUT2D eigenvalue weighted by Crippen LogP contribution is -2.37. The molecule has 1 atom stereocenters. The summed E-state index contributed by atoms with van der Waals surface area (Å²) in [5.41, 5.74) is -0.120. The molecule has 1 rings (SSSR count). The lowest BCUT2D eigenvalue weighted by molar-refractivity contribution is -0.148. The Bertz CT molecular complexity index is 561. The van der Waals surface area contributed by atoms with Crippen LogP contribution in [0.15, 0.2) is 24.3 Å². The molecular weight excluding hydrogens is 306 g/mol. The standard InChI is InChI=1S/C16H19NO3.C3H8O/c1-4-20-15(19)16(11-17,9-10-18)14-8-6-5-7-13(14)12(2)3;1-3-4-2/h5-8,10,12H,4,9H2,1-3H3;3H2,1-2H3. The van der Waals surface area contributed by atoms with Gasteiger partial charge in [-0.2, -0.15) is 5.26 Å². The van der Waals surface area contributed by atoms with E-state index < -0.39 is 11.4 Å². The number of nitrogens with zero attached hydrogens (tertiary/aromatic N) is 1. The zero-order valence-corrected chi connectivity index (χ0v) is 15.2. The van der Waals surface area contributed by atoms with Crippen molar-refractivity contribution in [3.8, 4) is 6.07 Å². The molecule has 0 fully saturated rings. The Balaban J connectivity index is 0.00000118. The van der Waals surface area contributed by atoms with Gasteiger partial charge >= 0.3 is 5.97 Å². The normalized spacial score (nSPS) is 12.4. The molecule has 0 aromatic heterocycles. The molecule has 132 valence electrons. The van der Waals surface area contributed by atoms with Crippen LogP contribution in [0, 0.1) is 11.3 Å². The average molecular weight is 333 g/mol. The molecule has 1 aromatic rings. The van der Waals surface area contributed by atoms with Gasteiger partial charge in [0.25, 0.3) is 0 Å². The van der Waals surface area contributed by atoms with E-state index in [4.69, 9.17) is 4.74 Å². The smallest absolute Gasteiger partial charge is 0.331 e. The molecular formula is C19H27NO4. The number of hydrogen-bond donors (Lipinski definition) is 0. The number of esters is 1. The predicted molar refractivity (Wildman–Crippen MR) is 92.7 cm³/mol. The topological polar surface area (TPSA) is 76.4 Å². The number of nitriles is 1. The second kappa shape index (κ2) is 11.4. The molecule has 0 spiro atoms. The van der Waals surface area contributed by atoms with E-state index in [1.165, 1.54) is 0 Å². The Hall–Kier alpha value is -2.19. The molecule has 0 aliphatic carbocycles. The number of carbonyl (C=O) groups is 2. The summed E-state index contributed by atoms with van der Waals surface area (Å²) in [6, 6.07) is 9.21. The Morgan fingerprint density at radius 1 is 1.29 bits per heavy atom. The van der Waals surface area contributed by atoms with Crippen molar-refractivity contribution in [2.45, 2.75) is 45.4 Å². The fourth-order valence-corrected chi connectivity index (χ4v) is 2.22. The third-order valence-electron chi connectivity index (χ3n) is 3.54. The van der Waals surface area contributed by atoms with Crippen molar-refractivity contribution in [3.05, 3.63) is 35.4 Å². The van der Waals surface area contributed by atoms with Gasteiger partial charge in [0.05, 0.1) is 12.7 Å². The molecule has 0 saturated carbocycles. The Morgan fingerprint density at radius 2 is 1.88 bits per heavy atom. The van der Waals surface area contributed by atoms with E-state index in [0.717, 1.165) is 12.2 Å². The SMILES string of the molecule is CCOC.CCOC(=O)C(C#N)(CC=O)c1ccccc1C(C)C. The van der Waals surface area contributed by atoms with Gasteiger partial charge < -0.3 is 14.3 Å². The zero-order chi connectivity index (χ0) is 18.6. The third-order valence-corrected chi connectivity index (χ3v) is 3.54. The first-order chi connectivity index (χ1) is 11.4. The van der Waals surface area contributed by atoms with Crippen LogP contribution < -0.4 is 0 Å². The van der Waals surface area contributed by atoms with E-state index in [9.17, 15) is 14.9 Å². The van der Waals surface area contributed by atoms with Crippen molar-refractivity contribution in [3.63, 3.8) is 0 Å².